The average Bonchev–Trinajstić information content (AvgIpc) is 3.62. The number of ether oxygens (including phenoxy) is 6. The van der Waals surface area contributed by atoms with Gasteiger partial charge in [-0.1, -0.05) is 13.8 Å². The number of carbonyl (C=O) groups is 3. The lowest BCUT2D eigenvalue weighted by molar-refractivity contribution is -0.273. The van der Waals surface area contributed by atoms with Gasteiger partial charge in [0.05, 0.1) is 30.5 Å². The number of cyclic esters (lactones) is 1. The van der Waals surface area contributed by atoms with Crippen LogP contribution in [0.3, 0.4) is 0 Å². The van der Waals surface area contributed by atoms with E-state index in [1.807, 2.05) is 6.92 Å². The van der Waals surface area contributed by atoms with Crippen LogP contribution < -0.4 is 4.74 Å². The topological polar surface area (TPSA) is 127 Å². The molecule has 4 aliphatic carbocycles. The highest BCUT2D eigenvalue weighted by Gasteiger charge is 2.67. The van der Waals surface area contributed by atoms with E-state index < -0.39 is 42.1 Å². The van der Waals surface area contributed by atoms with Gasteiger partial charge in [0.2, 0.25) is 0 Å². The molecule has 10 nitrogen and oxygen atoms in total. The molecule has 7 rings (SSSR count). The Morgan fingerprint density at radius 2 is 1.71 bits per heavy atom. The molecule has 0 spiro atoms. The third kappa shape index (κ3) is 5.99. The van der Waals surface area contributed by atoms with E-state index in [1.54, 1.807) is 37.5 Å². The van der Waals surface area contributed by atoms with Crippen molar-refractivity contribution in [3.63, 3.8) is 0 Å². The summed E-state index contributed by atoms with van der Waals surface area (Å²) < 4.78 is 34.9. The summed E-state index contributed by atoms with van der Waals surface area (Å²) in [5.41, 5.74) is 0.569. The summed E-state index contributed by atoms with van der Waals surface area (Å²) in [4.78, 5) is 37.0. The second-order valence-electron chi connectivity index (χ2n) is 16.1. The van der Waals surface area contributed by atoms with Gasteiger partial charge in [-0.05, 0) is 124 Å². The Morgan fingerprint density at radius 3 is 2.41 bits per heavy atom. The molecule has 1 aromatic rings. The molecule has 1 aromatic carbocycles. The third-order valence-corrected chi connectivity index (χ3v) is 13.8. The monoisotopic (exact) mass is 680 g/mol. The van der Waals surface area contributed by atoms with Gasteiger partial charge in [0.25, 0.3) is 0 Å². The van der Waals surface area contributed by atoms with Crippen molar-refractivity contribution in [3.8, 4) is 5.75 Å². The number of fused-ring (bicyclic) bond motifs is 5. The Kier molecular flexibility index (Phi) is 9.14. The zero-order valence-corrected chi connectivity index (χ0v) is 29.5. The fourth-order valence-electron chi connectivity index (χ4n) is 11.2. The molecule has 6 aliphatic rings. The summed E-state index contributed by atoms with van der Waals surface area (Å²) in [6.07, 6.45) is 7.91. The van der Waals surface area contributed by atoms with Gasteiger partial charge in [-0.25, -0.2) is 9.59 Å². The van der Waals surface area contributed by atoms with Gasteiger partial charge in [0, 0.05) is 24.8 Å². The van der Waals surface area contributed by atoms with Gasteiger partial charge >= 0.3 is 17.9 Å². The third-order valence-electron chi connectivity index (χ3n) is 13.8. The SMILES string of the molecule is COc1ccc(C(=O)O[C@H]2C[C@@H](O[C@H]3CC[C@@]4(C)[C@H](CC[C@@H]5[C@@H]4CC[C@]4(C)[C@@H](C6=CC(=O)OC6)CC[C@]54O)C3)O[C@H](C)[C@H]2OC(C)=O)cc1. The van der Waals surface area contributed by atoms with E-state index in [-0.39, 0.29) is 41.2 Å². The van der Waals surface area contributed by atoms with Gasteiger partial charge < -0.3 is 33.5 Å². The van der Waals surface area contributed by atoms with Crippen LogP contribution in [-0.2, 0) is 33.3 Å². The molecule has 1 saturated heterocycles. The minimum atomic E-state index is -0.750. The number of hydrogen-bond acceptors (Lipinski definition) is 10. The molecule has 0 bridgehead atoms. The Balaban J connectivity index is 1.01. The van der Waals surface area contributed by atoms with Crippen molar-refractivity contribution in [1.29, 1.82) is 0 Å². The van der Waals surface area contributed by atoms with Crippen molar-refractivity contribution in [2.75, 3.05) is 13.7 Å². The van der Waals surface area contributed by atoms with Crippen LogP contribution in [0.2, 0.25) is 0 Å². The molecule has 2 aliphatic heterocycles. The second kappa shape index (κ2) is 13.0. The first kappa shape index (κ1) is 34.5. The van der Waals surface area contributed by atoms with Gasteiger partial charge in [-0.2, -0.15) is 0 Å². The highest BCUT2D eigenvalue weighted by Crippen LogP contribution is 2.70. The zero-order valence-electron chi connectivity index (χ0n) is 29.5. The standard InChI is InChI=1S/C39H52O10/c1-22-35(47-23(2)40)32(49-36(42)24-6-9-27(44-5)10-7-24)20-34(46-22)48-28-12-15-37(3)26(19-28)8-11-31-30(37)13-16-38(4)29(14-17-39(31,38)43)25-18-33(41)45-21-25/h6-7,9-10,18,22,26,28-32,34-35,43H,8,11-17,19-21H2,1-5H3/t22-,26-,28+,29-,30+,31-,32+,34-,35-,37+,38-,39+/m1/s1. The molecule has 1 N–H and O–H groups in total. The van der Waals surface area contributed by atoms with E-state index in [0.29, 0.717) is 29.8 Å². The summed E-state index contributed by atoms with van der Waals surface area (Å²) in [5.74, 6) is 0.758. The lowest BCUT2D eigenvalue weighted by Gasteiger charge is -2.64. The molecule has 0 amide bonds. The van der Waals surface area contributed by atoms with Crippen LogP contribution >= 0.6 is 0 Å². The molecule has 49 heavy (non-hydrogen) atoms. The van der Waals surface area contributed by atoms with Crippen LogP contribution in [0.15, 0.2) is 35.9 Å². The number of aliphatic hydroxyl groups is 1. The van der Waals surface area contributed by atoms with Gasteiger partial charge in [-0.15, -0.1) is 0 Å². The fourth-order valence-corrected chi connectivity index (χ4v) is 11.2. The number of esters is 3. The Bertz CT molecular complexity index is 1470. The van der Waals surface area contributed by atoms with Crippen molar-refractivity contribution in [3.05, 3.63) is 41.5 Å². The van der Waals surface area contributed by atoms with Crippen molar-refractivity contribution in [2.24, 2.45) is 34.5 Å². The number of rotatable bonds is 7. The van der Waals surface area contributed by atoms with Crippen LogP contribution in [0.4, 0.5) is 0 Å². The Morgan fingerprint density at radius 1 is 0.939 bits per heavy atom. The predicted molar refractivity (Wildman–Crippen MR) is 177 cm³/mol. The molecule has 268 valence electrons. The first-order chi connectivity index (χ1) is 23.3. The predicted octanol–water partition coefficient (Wildman–Crippen LogP) is 5.93. The molecule has 12 atom stereocenters. The van der Waals surface area contributed by atoms with E-state index in [2.05, 4.69) is 13.8 Å². The molecular weight excluding hydrogens is 628 g/mol. The van der Waals surface area contributed by atoms with Gasteiger partial charge in [-0.3, -0.25) is 4.79 Å². The van der Waals surface area contributed by atoms with Crippen molar-refractivity contribution in [1.82, 2.24) is 0 Å². The minimum absolute atomic E-state index is 0.00492. The number of benzene rings is 1. The molecular formula is C39H52O10. The molecule has 4 saturated carbocycles. The lowest BCUT2D eigenvalue weighted by Crippen LogP contribution is -2.62. The molecule has 0 radical (unpaired) electrons. The largest absolute Gasteiger partial charge is 0.497 e. The number of carbonyl (C=O) groups excluding carboxylic acids is 3. The molecule has 10 heteroatoms. The number of methoxy groups -OCH3 is 1. The van der Waals surface area contributed by atoms with Gasteiger partial charge in [0.1, 0.15) is 18.5 Å². The smallest absolute Gasteiger partial charge is 0.338 e. The Labute approximate surface area is 289 Å². The quantitative estimate of drug-likeness (QED) is 0.210. The molecule has 0 aromatic heterocycles. The number of hydrogen-bond donors (Lipinski definition) is 1. The van der Waals surface area contributed by atoms with Crippen LogP contribution in [0.1, 0.15) is 102 Å². The second-order valence-corrected chi connectivity index (χ2v) is 16.1. The van der Waals surface area contributed by atoms with E-state index in [1.165, 1.54) is 6.92 Å². The van der Waals surface area contributed by atoms with Crippen LogP contribution in [0.5, 0.6) is 5.75 Å². The maximum absolute atomic E-state index is 13.1. The van der Waals surface area contributed by atoms with E-state index in [0.717, 1.165) is 63.4 Å². The van der Waals surface area contributed by atoms with E-state index in [4.69, 9.17) is 28.4 Å². The van der Waals surface area contributed by atoms with Crippen LogP contribution in [-0.4, -0.2) is 73.0 Å². The first-order valence-corrected chi connectivity index (χ1v) is 18.3. The van der Waals surface area contributed by atoms with Crippen LogP contribution in [0, 0.1) is 34.5 Å². The zero-order chi connectivity index (χ0) is 34.7. The van der Waals surface area contributed by atoms with Crippen LogP contribution in [0.25, 0.3) is 0 Å². The molecule has 0 unspecified atom stereocenters. The fraction of sp³-hybridized carbons (Fsp3) is 0.718. The summed E-state index contributed by atoms with van der Waals surface area (Å²) in [7, 11) is 1.56. The maximum Gasteiger partial charge on any atom is 0.338 e. The van der Waals surface area contributed by atoms with E-state index >= 15 is 0 Å². The molecule has 5 fully saturated rings. The van der Waals surface area contributed by atoms with E-state index in [9.17, 15) is 19.5 Å². The van der Waals surface area contributed by atoms with Crippen molar-refractivity contribution >= 4 is 17.9 Å². The average molecular weight is 681 g/mol. The first-order valence-electron chi connectivity index (χ1n) is 18.3. The maximum atomic E-state index is 13.1. The highest BCUT2D eigenvalue weighted by molar-refractivity contribution is 5.89. The summed E-state index contributed by atoms with van der Waals surface area (Å²) in [6, 6.07) is 6.69. The highest BCUT2D eigenvalue weighted by atomic mass is 16.7. The summed E-state index contributed by atoms with van der Waals surface area (Å²) in [6.45, 7) is 8.24. The molecule has 2 heterocycles. The van der Waals surface area contributed by atoms with Crippen molar-refractivity contribution < 1.29 is 47.9 Å². The van der Waals surface area contributed by atoms with Crippen molar-refractivity contribution in [2.45, 2.75) is 128 Å². The normalized spacial score (nSPS) is 42.9. The summed E-state index contributed by atoms with van der Waals surface area (Å²) >= 11 is 0. The Hall–Kier alpha value is -2.95. The lowest BCUT2D eigenvalue weighted by atomic mass is 9.43. The minimum Gasteiger partial charge on any atom is -0.497 e. The summed E-state index contributed by atoms with van der Waals surface area (Å²) in [5, 5.41) is 12.6. The van der Waals surface area contributed by atoms with Gasteiger partial charge in [0.15, 0.2) is 12.4 Å².